The van der Waals surface area contributed by atoms with Crippen molar-refractivity contribution in [3.05, 3.63) is 60.7 Å². The third kappa shape index (κ3) is 10.5. The molecule has 0 spiro atoms. The van der Waals surface area contributed by atoms with Gasteiger partial charge in [0.2, 0.25) is 11.8 Å². The van der Waals surface area contributed by atoms with Gasteiger partial charge in [-0.2, -0.15) is 0 Å². The number of rotatable bonds is 14. The summed E-state index contributed by atoms with van der Waals surface area (Å²) in [6.07, 6.45) is 11.4. The second-order valence-corrected chi connectivity index (χ2v) is 21.2. The lowest BCUT2D eigenvalue weighted by atomic mass is 9.77. The van der Waals surface area contributed by atoms with Gasteiger partial charge >= 0.3 is 11.9 Å². The van der Waals surface area contributed by atoms with Crippen LogP contribution in [-0.4, -0.2) is 89.3 Å². The monoisotopic (exact) mass is 848 g/mol. The van der Waals surface area contributed by atoms with Gasteiger partial charge in [0.1, 0.15) is 7.14 Å². The molecule has 0 radical (unpaired) electrons. The highest BCUT2D eigenvalue weighted by Gasteiger charge is 2.47. The van der Waals surface area contributed by atoms with Gasteiger partial charge in [0, 0.05) is 41.9 Å². The molecule has 2 amide bonds. The second-order valence-electron chi connectivity index (χ2n) is 18.2. The maximum Gasteiger partial charge on any atom is 0.307 e. The van der Waals surface area contributed by atoms with Gasteiger partial charge in [-0.3, -0.25) is 19.2 Å². The summed E-state index contributed by atoms with van der Waals surface area (Å²) in [6, 6.07) is 19.2. The van der Waals surface area contributed by atoms with Gasteiger partial charge in [-0.05, 0) is 96.3 Å². The summed E-state index contributed by atoms with van der Waals surface area (Å²) >= 11 is 0. The molecule has 2 aromatic rings. The van der Waals surface area contributed by atoms with Crippen molar-refractivity contribution >= 4 is 41.5 Å². The Balaban J connectivity index is 1.06. The van der Waals surface area contributed by atoms with Crippen LogP contribution < -0.4 is 21.2 Å². The van der Waals surface area contributed by atoms with Gasteiger partial charge in [-0.25, -0.2) is 0 Å². The van der Waals surface area contributed by atoms with E-state index in [1.165, 1.54) is 0 Å². The first kappa shape index (κ1) is 44.5. The number of nitrogens with one attached hydrogen (secondary N) is 2. The highest BCUT2D eigenvalue weighted by Crippen LogP contribution is 2.55. The van der Waals surface area contributed by atoms with Crippen LogP contribution in [0.2, 0.25) is 0 Å². The molecule has 328 valence electrons. The standard InChI is InChI=1S/C47H65N2O10P/c1-57-32-22-24-40(47(54)55)41(28-32)45(51)49-31-13-11-15-34(27-31)59-42-29-35(23-25-43(42)60(56,36-16-4-2-5-17-36)37-18-6-3-7-19-37)58-33-14-10-12-30(26-33)48-44(50)38-20-8-9-21-39(38)46(52)53/h2-7,16-19,30-35,38-43H,8-15,20-29H2,1H3,(H,48,50)(H,49,51)(H,52,53)(H,54,55). The third-order valence-corrected chi connectivity index (χ3v) is 18.0. The average molecular weight is 849 g/mol. The van der Waals surface area contributed by atoms with E-state index in [-0.39, 0.29) is 54.0 Å². The normalized spacial score (nSPS) is 33.9. The predicted molar refractivity (Wildman–Crippen MR) is 228 cm³/mol. The van der Waals surface area contributed by atoms with Crippen LogP contribution >= 0.6 is 7.14 Å². The topological polar surface area (TPSA) is 178 Å². The number of ether oxygens (including phenoxy) is 3. The lowest BCUT2D eigenvalue weighted by Crippen LogP contribution is -2.50. The third-order valence-electron chi connectivity index (χ3n) is 14.4. The fourth-order valence-electron chi connectivity index (χ4n) is 11.2. The predicted octanol–water partition coefficient (Wildman–Crippen LogP) is 6.59. The van der Waals surface area contributed by atoms with Crippen molar-refractivity contribution in [2.24, 2.45) is 23.7 Å². The van der Waals surface area contributed by atoms with E-state index in [0.29, 0.717) is 64.2 Å². The Bertz CT molecular complexity index is 1770. The summed E-state index contributed by atoms with van der Waals surface area (Å²) in [5, 5.41) is 27.7. The zero-order chi connectivity index (χ0) is 42.2. The number of amides is 2. The van der Waals surface area contributed by atoms with E-state index in [1.54, 1.807) is 7.11 Å². The van der Waals surface area contributed by atoms with Gasteiger partial charge in [0.05, 0.1) is 54.2 Å². The molecular weight excluding hydrogens is 783 g/mol. The van der Waals surface area contributed by atoms with Gasteiger partial charge in [0.25, 0.3) is 0 Å². The van der Waals surface area contributed by atoms with Crippen molar-refractivity contribution in [1.82, 2.24) is 10.6 Å². The Morgan fingerprint density at radius 1 is 0.533 bits per heavy atom. The SMILES string of the molecule is COC1CCC(C(=O)O)C(C(=O)NC2CCCC(OC3CC(OC4CCCC(NC(=O)C5CCCCC5C(=O)O)C4)CCC3P(=O)(c3ccccc3)c3ccccc3)C2)C1. The van der Waals surface area contributed by atoms with Crippen molar-refractivity contribution < 1.29 is 48.2 Å². The number of carboxylic acid groups (broad SMARTS) is 2. The van der Waals surface area contributed by atoms with Crippen molar-refractivity contribution in [3.8, 4) is 0 Å². The lowest BCUT2D eigenvalue weighted by Gasteiger charge is -2.44. The van der Waals surface area contributed by atoms with Crippen LogP contribution in [0.1, 0.15) is 116 Å². The van der Waals surface area contributed by atoms with Crippen molar-refractivity contribution in [3.63, 3.8) is 0 Å². The molecule has 12 unspecified atom stereocenters. The van der Waals surface area contributed by atoms with E-state index < -0.39 is 48.9 Å². The van der Waals surface area contributed by atoms with Crippen LogP contribution in [0, 0.1) is 23.7 Å². The fourth-order valence-corrected chi connectivity index (χ4v) is 14.7. The Morgan fingerprint density at radius 3 is 1.60 bits per heavy atom. The second kappa shape index (κ2) is 20.5. The van der Waals surface area contributed by atoms with E-state index in [1.807, 2.05) is 60.7 Å². The molecule has 0 bridgehead atoms. The largest absolute Gasteiger partial charge is 0.481 e. The van der Waals surface area contributed by atoms with Gasteiger partial charge in [0.15, 0.2) is 0 Å². The number of carbonyl (C=O) groups is 4. The molecular formula is C47H65N2O10P. The van der Waals surface area contributed by atoms with E-state index >= 15 is 4.57 Å². The zero-order valence-corrected chi connectivity index (χ0v) is 35.9. The molecule has 60 heavy (non-hydrogen) atoms. The first-order chi connectivity index (χ1) is 29.0. The quantitative estimate of drug-likeness (QED) is 0.152. The Labute approximate surface area is 354 Å². The molecule has 13 heteroatoms. The van der Waals surface area contributed by atoms with Crippen LogP contribution in [0.25, 0.3) is 0 Å². The maximum absolute atomic E-state index is 15.9. The molecule has 0 saturated heterocycles. The number of benzene rings is 2. The smallest absolute Gasteiger partial charge is 0.307 e. The zero-order valence-electron chi connectivity index (χ0n) is 35.0. The van der Waals surface area contributed by atoms with Crippen molar-refractivity contribution in [2.75, 3.05) is 7.11 Å². The molecule has 5 aliphatic rings. The first-order valence-electron chi connectivity index (χ1n) is 22.6. The molecule has 0 heterocycles. The average Bonchev–Trinajstić information content (AvgIpc) is 3.26. The van der Waals surface area contributed by atoms with Crippen LogP contribution in [-0.2, 0) is 38.0 Å². The minimum Gasteiger partial charge on any atom is -0.481 e. The molecule has 5 saturated carbocycles. The summed E-state index contributed by atoms with van der Waals surface area (Å²) in [5.41, 5.74) is -0.308. The van der Waals surface area contributed by atoms with E-state index in [4.69, 9.17) is 14.2 Å². The Morgan fingerprint density at radius 2 is 1.03 bits per heavy atom. The van der Waals surface area contributed by atoms with Gasteiger partial charge in [-0.15, -0.1) is 0 Å². The number of carbonyl (C=O) groups excluding carboxylic acids is 2. The number of carboxylic acids is 2. The first-order valence-corrected chi connectivity index (χ1v) is 24.4. The molecule has 4 N–H and O–H groups in total. The molecule has 2 aromatic carbocycles. The van der Waals surface area contributed by atoms with Crippen LogP contribution in [0.5, 0.6) is 0 Å². The number of methoxy groups -OCH3 is 1. The molecule has 12 atom stereocenters. The minimum absolute atomic E-state index is 0.0793. The molecule has 0 aliphatic heterocycles. The molecule has 5 fully saturated rings. The summed E-state index contributed by atoms with van der Waals surface area (Å²) in [7, 11) is -1.63. The molecule has 12 nitrogen and oxygen atoms in total. The highest BCUT2D eigenvalue weighted by molar-refractivity contribution is 7.79. The van der Waals surface area contributed by atoms with E-state index in [2.05, 4.69) is 10.6 Å². The van der Waals surface area contributed by atoms with E-state index in [0.717, 1.165) is 62.0 Å². The maximum atomic E-state index is 15.9. The van der Waals surface area contributed by atoms with Crippen molar-refractivity contribution in [1.29, 1.82) is 0 Å². The fraction of sp³-hybridized carbons (Fsp3) is 0.660. The highest BCUT2D eigenvalue weighted by atomic mass is 31.2. The lowest BCUT2D eigenvalue weighted by molar-refractivity contribution is -0.151. The number of hydrogen-bond donors (Lipinski definition) is 4. The van der Waals surface area contributed by atoms with Gasteiger partial charge < -0.3 is 39.6 Å². The Hall–Kier alpha value is -3.57. The number of aliphatic carboxylic acids is 2. The number of hydrogen-bond acceptors (Lipinski definition) is 8. The Kier molecular flexibility index (Phi) is 15.2. The molecule has 5 aliphatic carbocycles. The minimum atomic E-state index is -3.23. The molecule has 7 rings (SSSR count). The summed E-state index contributed by atoms with van der Waals surface area (Å²) < 4.78 is 35.5. The van der Waals surface area contributed by atoms with Crippen LogP contribution in [0.15, 0.2) is 60.7 Å². The summed E-state index contributed by atoms with van der Waals surface area (Å²) in [6.45, 7) is 0. The van der Waals surface area contributed by atoms with Crippen LogP contribution in [0.3, 0.4) is 0 Å². The molecule has 0 aromatic heterocycles. The van der Waals surface area contributed by atoms with Crippen LogP contribution in [0.4, 0.5) is 0 Å². The summed E-state index contributed by atoms with van der Waals surface area (Å²) in [4.78, 5) is 51.2. The summed E-state index contributed by atoms with van der Waals surface area (Å²) in [5.74, 6) is -4.76. The van der Waals surface area contributed by atoms with Gasteiger partial charge in [-0.1, -0.05) is 73.5 Å². The van der Waals surface area contributed by atoms with E-state index in [9.17, 15) is 29.4 Å². The van der Waals surface area contributed by atoms with Crippen molar-refractivity contribution in [2.45, 2.75) is 164 Å².